The topological polar surface area (TPSA) is 127 Å². The highest BCUT2D eigenvalue weighted by molar-refractivity contribution is 5.73. The van der Waals surface area contributed by atoms with Crippen LogP contribution in [0.25, 0.3) is 0 Å². The van der Waals surface area contributed by atoms with Gasteiger partial charge in [0.2, 0.25) is 0 Å². The predicted octanol–water partition coefficient (Wildman–Crippen LogP) is 4.32. The van der Waals surface area contributed by atoms with Crippen LogP contribution in [0.4, 0.5) is 26.3 Å². The summed E-state index contributed by atoms with van der Waals surface area (Å²) < 4.78 is 63.5. The lowest BCUT2D eigenvalue weighted by atomic mass is 10.2. The summed E-state index contributed by atoms with van der Waals surface area (Å²) in [4.78, 5) is 17.8. The van der Waals surface area contributed by atoms with Crippen LogP contribution in [0.1, 0.15) is 65.2 Å². The smallest absolute Gasteiger partial charge is 0.475 e. The molecule has 172 valence electrons. The number of rotatable bonds is 8. The Morgan fingerprint density at radius 1 is 0.643 bits per heavy atom. The lowest BCUT2D eigenvalue weighted by Crippen LogP contribution is -2.21. The molecule has 0 aliphatic heterocycles. The van der Waals surface area contributed by atoms with Gasteiger partial charge in [-0.1, -0.05) is 52.4 Å². The van der Waals surface area contributed by atoms with Crippen LogP contribution >= 0.6 is 0 Å². The molecule has 0 fully saturated rings. The van der Waals surface area contributed by atoms with E-state index in [4.69, 9.17) is 31.3 Å². The second-order valence-corrected chi connectivity index (χ2v) is 5.30. The minimum Gasteiger partial charge on any atom is -0.475 e. The number of carbonyl (C=O) groups is 2. The van der Waals surface area contributed by atoms with Crippen molar-refractivity contribution >= 4 is 11.9 Å². The summed E-state index contributed by atoms with van der Waals surface area (Å²) in [5, 5.41) is 14.2. The Kier molecular flexibility index (Phi) is 26.4. The monoisotopic (exact) mass is 430 g/mol. The summed E-state index contributed by atoms with van der Waals surface area (Å²) in [6.45, 7) is 6.13. The second-order valence-electron chi connectivity index (χ2n) is 5.30. The van der Waals surface area contributed by atoms with Crippen LogP contribution in [0, 0.1) is 0 Å². The molecule has 0 radical (unpaired) electrons. The number of nitrogens with two attached hydrogens (primary N) is 2. The molecular formula is C16H32F6N2O4. The summed E-state index contributed by atoms with van der Waals surface area (Å²) >= 11 is 0. The van der Waals surface area contributed by atoms with Crippen molar-refractivity contribution in [2.45, 2.75) is 77.6 Å². The van der Waals surface area contributed by atoms with E-state index in [9.17, 15) is 26.3 Å². The Labute approximate surface area is 161 Å². The number of hydrogen-bond acceptors (Lipinski definition) is 4. The molecule has 0 saturated carbocycles. The molecule has 0 aromatic carbocycles. The third-order valence-corrected chi connectivity index (χ3v) is 2.60. The Hall–Kier alpha value is -1.56. The largest absolute Gasteiger partial charge is 0.490 e. The third kappa shape index (κ3) is 39.5. The molecule has 0 bridgehead atoms. The van der Waals surface area contributed by atoms with Gasteiger partial charge in [0.15, 0.2) is 0 Å². The van der Waals surface area contributed by atoms with E-state index in [1.807, 2.05) is 0 Å². The Morgan fingerprint density at radius 3 is 0.964 bits per heavy atom. The first-order valence-corrected chi connectivity index (χ1v) is 8.72. The molecule has 0 rings (SSSR count). The SMILES string of the molecule is CCCCCCN.CCCCCCN.O=C(O)C(F)(F)F.O=C(O)C(F)(F)F. The summed E-state index contributed by atoms with van der Waals surface area (Å²) in [5.74, 6) is -5.51. The lowest BCUT2D eigenvalue weighted by molar-refractivity contribution is -0.193. The Balaban J connectivity index is -0.000000137. The minimum atomic E-state index is -5.08. The summed E-state index contributed by atoms with van der Waals surface area (Å²) in [6, 6.07) is 0. The minimum absolute atomic E-state index is 0.861. The zero-order valence-electron chi connectivity index (χ0n) is 16.2. The van der Waals surface area contributed by atoms with E-state index >= 15 is 0 Å². The van der Waals surface area contributed by atoms with Crippen molar-refractivity contribution in [3.8, 4) is 0 Å². The molecule has 0 aromatic rings. The fourth-order valence-corrected chi connectivity index (χ4v) is 1.14. The molecule has 0 saturated heterocycles. The molecule has 6 N–H and O–H groups in total. The van der Waals surface area contributed by atoms with Gasteiger partial charge in [-0.2, -0.15) is 26.3 Å². The van der Waals surface area contributed by atoms with Crippen LogP contribution in [0.15, 0.2) is 0 Å². The molecule has 0 atom stereocenters. The normalized spacial score (nSPS) is 10.4. The van der Waals surface area contributed by atoms with Crippen LogP contribution in [0.5, 0.6) is 0 Å². The van der Waals surface area contributed by atoms with E-state index in [1.165, 1.54) is 51.4 Å². The summed E-state index contributed by atoms with van der Waals surface area (Å²) in [7, 11) is 0. The molecule has 28 heavy (non-hydrogen) atoms. The average molecular weight is 430 g/mol. The van der Waals surface area contributed by atoms with Crippen molar-refractivity contribution in [2.24, 2.45) is 11.5 Å². The van der Waals surface area contributed by atoms with Gasteiger partial charge < -0.3 is 21.7 Å². The maximum absolute atomic E-state index is 10.6. The zero-order chi connectivity index (χ0) is 23.2. The summed E-state index contributed by atoms with van der Waals surface area (Å²) in [6.07, 6.45) is 0.163. The maximum atomic E-state index is 10.6. The first-order chi connectivity index (χ1) is 12.7. The first kappa shape index (κ1) is 34.0. The molecule has 0 amide bonds. The number of aliphatic carboxylic acids is 2. The highest BCUT2D eigenvalue weighted by Gasteiger charge is 2.38. The van der Waals surface area contributed by atoms with Gasteiger partial charge in [-0.15, -0.1) is 0 Å². The third-order valence-electron chi connectivity index (χ3n) is 2.60. The van der Waals surface area contributed by atoms with Gasteiger partial charge >= 0.3 is 24.3 Å². The number of carboxylic acids is 2. The number of halogens is 6. The van der Waals surface area contributed by atoms with Crippen LogP contribution in [-0.4, -0.2) is 47.6 Å². The second kappa shape index (κ2) is 21.7. The zero-order valence-corrected chi connectivity index (χ0v) is 16.2. The van der Waals surface area contributed by atoms with Crippen molar-refractivity contribution < 1.29 is 46.1 Å². The van der Waals surface area contributed by atoms with Gasteiger partial charge in [-0.25, -0.2) is 9.59 Å². The molecule has 0 aromatic heterocycles. The van der Waals surface area contributed by atoms with E-state index in [-0.39, 0.29) is 0 Å². The molecule has 6 nitrogen and oxygen atoms in total. The highest BCUT2D eigenvalue weighted by Crippen LogP contribution is 2.13. The van der Waals surface area contributed by atoms with E-state index in [0.717, 1.165) is 13.1 Å². The van der Waals surface area contributed by atoms with E-state index < -0.39 is 24.3 Å². The van der Waals surface area contributed by atoms with Crippen molar-refractivity contribution in [3.63, 3.8) is 0 Å². The van der Waals surface area contributed by atoms with Gasteiger partial charge in [0.1, 0.15) is 0 Å². The number of hydrogen-bond donors (Lipinski definition) is 4. The first-order valence-electron chi connectivity index (χ1n) is 8.72. The number of unbranched alkanes of at least 4 members (excludes halogenated alkanes) is 6. The van der Waals surface area contributed by atoms with Crippen molar-refractivity contribution in [2.75, 3.05) is 13.1 Å². The van der Waals surface area contributed by atoms with Crippen LogP contribution in [0.3, 0.4) is 0 Å². The quantitative estimate of drug-likeness (QED) is 0.336. The van der Waals surface area contributed by atoms with Gasteiger partial charge in [-0.05, 0) is 25.9 Å². The maximum Gasteiger partial charge on any atom is 0.490 e. The number of carboxylic acid groups (broad SMARTS) is 2. The van der Waals surface area contributed by atoms with Gasteiger partial charge in [0.05, 0.1) is 0 Å². The molecule has 0 heterocycles. The standard InChI is InChI=1S/2C6H15N.2C2HF3O2/c2*1-2-3-4-5-6-7;2*3-2(4,5)1(6)7/h2*2-7H2,1H3;2*(H,6,7). The molecule has 0 aliphatic carbocycles. The molecular weight excluding hydrogens is 398 g/mol. The van der Waals surface area contributed by atoms with Gasteiger partial charge in [0, 0.05) is 0 Å². The Morgan fingerprint density at radius 2 is 0.857 bits per heavy atom. The number of alkyl halides is 6. The molecule has 12 heteroatoms. The highest BCUT2D eigenvalue weighted by atomic mass is 19.4. The van der Waals surface area contributed by atoms with Crippen LogP contribution in [0.2, 0.25) is 0 Å². The lowest BCUT2D eigenvalue weighted by Gasteiger charge is -1.93. The van der Waals surface area contributed by atoms with Crippen molar-refractivity contribution in [1.29, 1.82) is 0 Å². The van der Waals surface area contributed by atoms with E-state index in [0.29, 0.717) is 0 Å². The molecule has 0 spiro atoms. The van der Waals surface area contributed by atoms with Crippen molar-refractivity contribution in [3.05, 3.63) is 0 Å². The molecule has 0 unspecified atom stereocenters. The van der Waals surface area contributed by atoms with Crippen LogP contribution in [-0.2, 0) is 9.59 Å². The average Bonchev–Trinajstić information content (AvgIpc) is 2.56. The van der Waals surface area contributed by atoms with Gasteiger partial charge in [0.25, 0.3) is 0 Å². The van der Waals surface area contributed by atoms with Crippen LogP contribution < -0.4 is 11.5 Å². The fraction of sp³-hybridized carbons (Fsp3) is 0.875. The van der Waals surface area contributed by atoms with E-state index in [2.05, 4.69) is 13.8 Å². The van der Waals surface area contributed by atoms with Gasteiger partial charge in [-0.3, -0.25) is 0 Å². The summed E-state index contributed by atoms with van der Waals surface area (Å²) in [5.41, 5.74) is 10.5. The van der Waals surface area contributed by atoms with E-state index in [1.54, 1.807) is 0 Å². The fourth-order valence-electron chi connectivity index (χ4n) is 1.14. The molecule has 0 aliphatic rings. The van der Waals surface area contributed by atoms with Crippen molar-refractivity contribution in [1.82, 2.24) is 0 Å². The Bertz CT molecular complexity index is 322. The predicted molar refractivity (Wildman–Crippen MR) is 93.8 cm³/mol.